The molecule has 184 valence electrons. The molecule has 0 atom stereocenters. The van der Waals surface area contributed by atoms with Gasteiger partial charge >= 0.3 is 6.18 Å². The second kappa shape index (κ2) is 9.46. The van der Waals surface area contributed by atoms with Crippen LogP contribution in [0.4, 0.5) is 13.2 Å². The van der Waals surface area contributed by atoms with Crippen molar-refractivity contribution in [3.63, 3.8) is 0 Å². The lowest BCUT2D eigenvalue weighted by atomic mass is 10.0. The van der Waals surface area contributed by atoms with Crippen LogP contribution in [0.15, 0.2) is 54.6 Å². The van der Waals surface area contributed by atoms with Crippen LogP contribution in [0.25, 0.3) is 34.4 Å². The van der Waals surface area contributed by atoms with E-state index in [1.54, 1.807) is 35.2 Å². The third kappa shape index (κ3) is 4.80. The third-order valence-electron chi connectivity index (χ3n) is 6.01. The first-order chi connectivity index (χ1) is 17.3. The number of aromatic amines is 1. The number of phenols is 1. The summed E-state index contributed by atoms with van der Waals surface area (Å²) in [5.74, 6) is -0.0715. The number of benzene rings is 2. The molecule has 1 saturated heterocycles. The van der Waals surface area contributed by atoms with Crippen molar-refractivity contribution in [1.29, 1.82) is 0 Å². The van der Waals surface area contributed by atoms with E-state index in [2.05, 4.69) is 20.5 Å². The highest BCUT2D eigenvalue weighted by atomic mass is 19.4. The number of hydrogen-bond acceptors (Lipinski definition) is 5. The van der Waals surface area contributed by atoms with Gasteiger partial charge in [-0.15, -0.1) is 0 Å². The zero-order valence-corrected chi connectivity index (χ0v) is 19.0. The third-order valence-corrected chi connectivity index (χ3v) is 6.01. The van der Waals surface area contributed by atoms with E-state index in [-0.39, 0.29) is 11.7 Å². The first-order valence-electron chi connectivity index (χ1n) is 11.3. The van der Waals surface area contributed by atoms with Crippen molar-refractivity contribution >= 4 is 29.1 Å². The Bertz CT molecular complexity index is 1440. The average Bonchev–Trinajstić information content (AvgIpc) is 3.30. The number of alkyl halides is 3. The number of piperazine rings is 1. The lowest BCUT2D eigenvalue weighted by Gasteiger charge is -2.27. The minimum absolute atomic E-state index is 0.110. The van der Waals surface area contributed by atoms with E-state index in [1.807, 2.05) is 0 Å². The molecule has 4 aromatic rings. The van der Waals surface area contributed by atoms with Crippen LogP contribution in [-0.4, -0.2) is 57.3 Å². The Morgan fingerprint density at radius 3 is 2.50 bits per heavy atom. The van der Waals surface area contributed by atoms with Crippen LogP contribution in [0.1, 0.15) is 27.2 Å². The zero-order chi connectivity index (χ0) is 25.3. The van der Waals surface area contributed by atoms with Gasteiger partial charge in [0.25, 0.3) is 5.91 Å². The number of nitrogens with one attached hydrogen (secondary N) is 2. The maximum atomic E-state index is 13.6. The molecule has 0 bridgehead atoms. The molecule has 36 heavy (non-hydrogen) atoms. The standard InChI is InChI=1S/C26H22F3N5O2/c27-26(28,29)18-3-1-2-16(14-18)4-9-21-23-20(25(36)34-12-10-30-11-13-34)15-22(31-24(23)33-32-21)17-5-7-19(35)8-6-17/h1-9,14-15,30,35H,10-13H2,(H,31,32,33). The molecule has 0 radical (unpaired) electrons. The van der Waals surface area contributed by atoms with Crippen molar-refractivity contribution in [2.24, 2.45) is 0 Å². The fourth-order valence-electron chi connectivity index (χ4n) is 4.15. The fourth-order valence-corrected chi connectivity index (χ4v) is 4.15. The number of rotatable bonds is 4. The molecule has 3 heterocycles. The predicted molar refractivity (Wildman–Crippen MR) is 130 cm³/mol. The number of phenolic OH excluding ortho intramolecular Hbond substituents is 1. The van der Waals surface area contributed by atoms with E-state index in [9.17, 15) is 23.1 Å². The average molecular weight is 493 g/mol. The monoisotopic (exact) mass is 493 g/mol. The molecule has 3 N–H and O–H groups in total. The molecule has 1 amide bonds. The SMILES string of the molecule is O=C(c1cc(-c2ccc(O)cc2)nc2n[nH]c(C=Cc3cccc(C(F)(F)F)c3)c12)N1CCNCC1. The van der Waals surface area contributed by atoms with Crippen LogP contribution in [-0.2, 0) is 6.18 Å². The summed E-state index contributed by atoms with van der Waals surface area (Å²) in [5.41, 5.74) is 2.00. The quantitative estimate of drug-likeness (QED) is 0.387. The van der Waals surface area contributed by atoms with Crippen molar-refractivity contribution in [3.05, 3.63) is 77.0 Å². The van der Waals surface area contributed by atoms with Gasteiger partial charge in [0, 0.05) is 31.7 Å². The molecular weight excluding hydrogens is 471 g/mol. The number of nitrogens with zero attached hydrogens (tertiary/aromatic N) is 3. The Morgan fingerprint density at radius 1 is 1.03 bits per heavy atom. The van der Waals surface area contributed by atoms with Gasteiger partial charge in [0.05, 0.1) is 27.9 Å². The smallest absolute Gasteiger partial charge is 0.416 e. The largest absolute Gasteiger partial charge is 0.508 e. The lowest BCUT2D eigenvalue weighted by molar-refractivity contribution is -0.137. The van der Waals surface area contributed by atoms with Crippen molar-refractivity contribution in [3.8, 4) is 17.0 Å². The van der Waals surface area contributed by atoms with Crippen LogP contribution < -0.4 is 5.32 Å². The number of halogens is 3. The van der Waals surface area contributed by atoms with E-state index >= 15 is 0 Å². The van der Waals surface area contributed by atoms with Gasteiger partial charge in [-0.3, -0.25) is 9.89 Å². The van der Waals surface area contributed by atoms with Crippen LogP contribution >= 0.6 is 0 Å². The van der Waals surface area contributed by atoms with E-state index in [1.165, 1.54) is 24.3 Å². The topological polar surface area (TPSA) is 94.1 Å². The Morgan fingerprint density at radius 2 is 1.78 bits per heavy atom. The molecule has 5 rings (SSSR count). The van der Waals surface area contributed by atoms with Crippen LogP contribution in [0.2, 0.25) is 0 Å². The number of amides is 1. The molecule has 10 heteroatoms. The number of fused-ring (bicyclic) bond motifs is 1. The van der Waals surface area contributed by atoms with Crippen molar-refractivity contribution in [1.82, 2.24) is 25.4 Å². The molecule has 0 saturated carbocycles. The molecule has 1 aliphatic rings. The summed E-state index contributed by atoms with van der Waals surface area (Å²) in [4.78, 5) is 19.9. The Balaban J connectivity index is 1.59. The maximum absolute atomic E-state index is 13.6. The van der Waals surface area contributed by atoms with Gasteiger partial charge in [0.1, 0.15) is 5.75 Å². The second-order valence-corrected chi connectivity index (χ2v) is 8.44. The second-order valence-electron chi connectivity index (χ2n) is 8.44. The summed E-state index contributed by atoms with van der Waals surface area (Å²) in [5, 5.41) is 20.5. The van der Waals surface area contributed by atoms with Gasteiger partial charge < -0.3 is 15.3 Å². The van der Waals surface area contributed by atoms with Crippen molar-refractivity contribution < 1.29 is 23.1 Å². The Labute approximate surface area is 204 Å². The molecule has 2 aromatic heterocycles. The number of carbonyl (C=O) groups excluding carboxylic acids is 1. The molecular formula is C26H22F3N5O2. The number of pyridine rings is 1. The van der Waals surface area contributed by atoms with Crippen LogP contribution in [0.3, 0.4) is 0 Å². The van der Waals surface area contributed by atoms with E-state index in [0.29, 0.717) is 65.3 Å². The number of aromatic nitrogens is 3. The van der Waals surface area contributed by atoms with Gasteiger partial charge in [0.2, 0.25) is 0 Å². The van der Waals surface area contributed by atoms with Gasteiger partial charge in [0.15, 0.2) is 5.65 Å². The highest BCUT2D eigenvalue weighted by Crippen LogP contribution is 2.31. The summed E-state index contributed by atoms with van der Waals surface area (Å²) < 4.78 is 39.3. The highest BCUT2D eigenvalue weighted by Gasteiger charge is 2.30. The summed E-state index contributed by atoms with van der Waals surface area (Å²) in [6.07, 6.45) is -1.31. The number of hydrogen-bond donors (Lipinski definition) is 3. The van der Waals surface area contributed by atoms with Crippen LogP contribution in [0, 0.1) is 0 Å². The fraction of sp³-hybridized carbons (Fsp3) is 0.192. The zero-order valence-electron chi connectivity index (χ0n) is 19.0. The molecule has 0 spiro atoms. The van der Waals surface area contributed by atoms with Crippen LogP contribution in [0.5, 0.6) is 5.75 Å². The maximum Gasteiger partial charge on any atom is 0.416 e. The predicted octanol–water partition coefficient (Wildman–Crippen LogP) is 4.57. The number of aromatic hydroxyl groups is 1. The summed E-state index contributed by atoms with van der Waals surface area (Å²) in [7, 11) is 0. The van der Waals surface area contributed by atoms with Gasteiger partial charge in [-0.1, -0.05) is 18.2 Å². The number of H-pyrrole nitrogens is 1. The van der Waals surface area contributed by atoms with E-state index in [4.69, 9.17) is 0 Å². The Hall–Kier alpha value is -4.18. The normalized spacial score (nSPS) is 14.6. The van der Waals surface area contributed by atoms with Crippen molar-refractivity contribution in [2.75, 3.05) is 26.2 Å². The summed E-state index contributed by atoms with van der Waals surface area (Å²) >= 11 is 0. The van der Waals surface area contributed by atoms with Gasteiger partial charge in [-0.05, 0) is 54.1 Å². The minimum Gasteiger partial charge on any atom is -0.508 e. The molecule has 7 nitrogen and oxygen atoms in total. The van der Waals surface area contributed by atoms with E-state index < -0.39 is 11.7 Å². The molecule has 0 aliphatic carbocycles. The molecule has 1 fully saturated rings. The highest BCUT2D eigenvalue weighted by molar-refractivity contribution is 6.09. The van der Waals surface area contributed by atoms with Crippen molar-refractivity contribution in [2.45, 2.75) is 6.18 Å². The number of carbonyl (C=O) groups is 1. The summed E-state index contributed by atoms with van der Waals surface area (Å²) in [6.45, 7) is 2.45. The first kappa shape index (κ1) is 23.6. The lowest BCUT2D eigenvalue weighted by Crippen LogP contribution is -2.46. The minimum atomic E-state index is -4.44. The van der Waals surface area contributed by atoms with E-state index in [0.717, 1.165) is 12.1 Å². The Kier molecular flexibility index (Phi) is 6.19. The molecule has 2 aromatic carbocycles. The molecule has 1 aliphatic heterocycles. The first-order valence-corrected chi connectivity index (χ1v) is 11.3. The van der Waals surface area contributed by atoms with Gasteiger partial charge in [-0.25, -0.2) is 4.98 Å². The molecule has 0 unspecified atom stereocenters. The summed E-state index contributed by atoms with van der Waals surface area (Å²) in [6, 6.07) is 13.1. The van der Waals surface area contributed by atoms with Gasteiger partial charge in [-0.2, -0.15) is 18.3 Å².